The lowest BCUT2D eigenvalue weighted by atomic mass is 9.94. The molecule has 2 N–H and O–H groups in total. The summed E-state index contributed by atoms with van der Waals surface area (Å²) < 4.78 is 22.4. The summed E-state index contributed by atoms with van der Waals surface area (Å²) in [6, 6.07) is 9.85. The zero-order valence-electron chi connectivity index (χ0n) is 13.4. The van der Waals surface area contributed by atoms with Crippen molar-refractivity contribution < 1.29 is 18.9 Å². The van der Waals surface area contributed by atoms with E-state index in [0.29, 0.717) is 11.5 Å². The molecule has 1 aliphatic carbocycles. The summed E-state index contributed by atoms with van der Waals surface area (Å²) in [6.07, 6.45) is -0.241. The normalized spacial score (nSPS) is 42.6. The monoisotopic (exact) mass is 338 g/mol. The topological polar surface area (TPSA) is 123 Å². The molecule has 1 aromatic carbocycles. The van der Waals surface area contributed by atoms with Crippen molar-refractivity contribution >= 4 is 5.84 Å². The number of nitrogens with zero attached hydrogens (tertiary/aromatic N) is 3. The van der Waals surface area contributed by atoms with Gasteiger partial charge in [-0.3, -0.25) is 0 Å². The molecule has 0 radical (unpaired) electrons. The van der Waals surface area contributed by atoms with Gasteiger partial charge in [-0.25, -0.2) is 4.99 Å². The Balaban J connectivity index is 1.68. The highest BCUT2D eigenvalue weighted by molar-refractivity contribution is 6.00. The minimum Gasteiger partial charge on any atom is -0.454 e. The van der Waals surface area contributed by atoms with Crippen LogP contribution in [-0.4, -0.2) is 31.3 Å². The Morgan fingerprint density at radius 3 is 2.72 bits per heavy atom. The molecule has 126 valence electrons. The van der Waals surface area contributed by atoms with Crippen LogP contribution in [0, 0.1) is 33.5 Å². The van der Waals surface area contributed by atoms with Crippen LogP contribution in [0.2, 0.25) is 0 Å². The highest BCUT2D eigenvalue weighted by atomic mass is 16.8. The van der Waals surface area contributed by atoms with E-state index in [1.807, 2.05) is 13.0 Å². The van der Waals surface area contributed by atoms with Crippen LogP contribution < -0.4 is 15.2 Å². The molecule has 1 saturated heterocycles. The van der Waals surface area contributed by atoms with E-state index >= 15 is 0 Å². The number of amidine groups is 1. The average molecular weight is 338 g/mol. The van der Waals surface area contributed by atoms with Gasteiger partial charge < -0.3 is 24.7 Å². The highest BCUT2D eigenvalue weighted by Gasteiger charge is 2.94. The lowest BCUT2D eigenvalue weighted by Crippen LogP contribution is -2.39. The number of nitrogens with two attached hydrogens (primary N) is 1. The zero-order valence-corrected chi connectivity index (χ0v) is 13.4. The Morgan fingerprint density at radius 1 is 1.24 bits per heavy atom. The lowest BCUT2D eigenvalue weighted by molar-refractivity contribution is -0.193. The maximum absolute atomic E-state index is 10.1. The molecule has 1 aromatic rings. The van der Waals surface area contributed by atoms with E-state index in [9.17, 15) is 10.5 Å². The van der Waals surface area contributed by atoms with Crippen LogP contribution in [-0.2, 0) is 9.47 Å². The predicted octanol–water partition coefficient (Wildman–Crippen LogP) is 0.992. The van der Waals surface area contributed by atoms with Gasteiger partial charge in [-0.05, 0) is 24.6 Å². The number of benzene rings is 1. The van der Waals surface area contributed by atoms with Crippen LogP contribution in [0.4, 0.5) is 0 Å². The van der Waals surface area contributed by atoms with E-state index in [4.69, 9.17) is 24.7 Å². The van der Waals surface area contributed by atoms with Gasteiger partial charge in [0.1, 0.15) is 11.3 Å². The van der Waals surface area contributed by atoms with Gasteiger partial charge in [0.05, 0.1) is 24.8 Å². The fourth-order valence-corrected chi connectivity index (χ4v) is 4.45. The van der Waals surface area contributed by atoms with Crippen molar-refractivity contribution in [3.63, 3.8) is 0 Å². The Bertz CT molecular complexity index is 918. The molecule has 5 atom stereocenters. The fourth-order valence-electron chi connectivity index (χ4n) is 4.45. The molecule has 0 unspecified atom stereocenters. The molecule has 3 heterocycles. The minimum atomic E-state index is -1.54. The quantitative estimate of drug-likeness (QED) is 0.810. The Morgan fingerprint density at radius 2 is 2.04 bits per heavy atom. The maximum atomic E-state index is 10.1. The Hall–Kier alpha value is -2.81. The van der Waals surface area contributed by atoms with E-state index in [1.54, 1.807) is 12.1 Å². The predicted molar refractivity (Wildman–Crippen MR) is 82.3 cm³/mol. The number of hydrogen-bond donors (Lipinski definition) is 1. The molecule has 0 amide bonds. The van der Waals surface area contributed by atoms with Gasteiger partial charge in [-0.1, -0.05) is 6.07 Å². The molecular formula is C17H14N4O4. The number of hydrogen-bond acceptors (Lipinski definition) is 8. The molecule has 1 spiro atoms. The smallest absolute Gasteiger partial charge is 0.293 e. The van der Waals surface area contributed by atoms with Gasteiger partial charge in [0, 0.05) is 5.92 Å². The first kappa shape index (κ1) is 14.5. The van der Waals surface area contributed by atoms with Crippen LogP contribution >= 0.6 is 0 Å². The number of rotatable bonds is 1. The van der Waals surface area contributed by atoms with Gasteiger partial charge >= 0.3 is 0 Å². The van der Waals surface area contributed by atoms with Gasteiger partial charge in [0.15, 0.2) is 16.9 Å². The first-order chi connectivity index (χ1) is 12.0. The summed E-state index contributed by atoms with van der Waals surface area (Å²) in [5, 5.41) is 20.0. The van der Waals surface area contributed by atoms with Crippen LogP contribution in [0.1, 0.15) is 18.4 Å². The van der Waals surface area contributed by atoms with E-state index in [2.05, 4.69) is 17.1 Å². The Labute approximate surface area is 143 Å². The molecule has 2 fully saturated rings. The zero-order chi connectivity index (χ0) is 17.4. The molecule has 8 nitrogen and oxygen atoms in total. The number of ether oxygens (including phenoxy) is 4. The summed E-state index contributed by atoms with van der Waals surface area (Å²) in [6.45, 7) is 2.26. The molecule has 4 aliphatic rings. The van der Waals surface area contributed by atoms with E-state index in [0.717, 1.165) is 5.56 Å². The molecule has 0 aromatic heterocycles. The van der Waals surface area contributed by atoms with E-state index < -0.39 is 22.7 Å². The van der Waals surface area contributed by atoms with Crippen molar-refractivity contribution in [3.05, 3.63) is 23.8 Å². The second-order valence-corrected chi connectivity index (χ2v) is 6.70. The van der Waals surface area contributed by atoms with E-state index in [-0.39, 0.29) is 25.3 Å². The van der Waals surface area contributed by atoms with Gasteiger partial charge in [0.25, 0.3) is 5.91 Å². The standard InChI is InChI=1S/C17H14N4O4/c1-9-5-24-17(25-9)16(7-19)13(15(16,6-18)14(20)21-17)10-2-3-11-12(4-10)23-8-22-11/h2-4,9,13H,5,8H2,1H3,(H2,20,21)/t9-,13+,15+,16+,17+/m0/s1. The van der Waals surface area contributed by atoms with Crippen molar-refractivity contribution in [1.82, 2.24) is 0 Å². The summed E-state index contributed by atoms with van der Waals surface area (Å²) >= 11 is 0. The van der Waals surface area contributed by atoms with Crippen molar-refractivity contribution in [2.45, 2.75) is 24.9 Å². The fraction of sp³-hybridized carbons (Fsp3) is 0.471. The summed E-state index contributed by atoms with van der Waals surface area (Å²) in [7, 11) is 0. The molecule has 1 saturated carbocycles. The Kier molecular flexibility index (Phi) is 2.46. The largest absolute Gasteiger partial charge is 0.454 e. The minimum absolute atomic E-state index is 0.0771. The SMILES string of the molecule is C[C@H]1CO[C@@]2(N=C(N)[C@@]3(C#N)[C@@H](c4ccc5c(c4)OCO5)[C@@]23C#N)O1. The van der Waals surface area contributed by atoms with Crippen molar-refractivity contribution in [1.29, 1.82) is 10.5 Å². The average Bonchev–Trinajstić information content (AvgIpc) is 2.90. The molecular weight excluding hydrogens is 324 g/mol. The number of aliphatic imine (C=N–C) groups is 1. The summed E-state index contributed by atoms with van der Waals surface area (Å²) in [5.41, 5.74) is 4.27. The summed E-state index contributed by atoms with van der Waals surface area (Å²) in [4.78, 5) is 4.28. The number of nitriles is 2. The second kappa shape index (κ2) is 4.23. The van der Waals surface area contributed by atoms with Gasteiger partial charge in [0.2, 0.25) is 6.79 Å². The van der Waals surface area contributed by atoms with Crippen LogP contribution in [0.3, 0.4) is 0 Å². The number of fused-ring (bicyclic) bond motifs is 3. The van der Waals surface area contributed by atoms with Gasteiger partial charge in [-0.15, -0.1) is 0 Å². The third-order valence-corrected chi connectivity index (χ3v) is 5.53. The van der Waals surface area contributed by atoms with Crippen molar-refractivity contribution in [2.75, 3.05) is 13.4 Å². The van der Waals surface area contributed by atoms with Crippen LogP contribution in [0.5, 0.6) is 11.5 Å². The highest BCUT2D eigenvalue weighted by Crippen LogP contribution is 2.82. The molecule has 8 heteroatoms. The summed E-state index contributed by atoms with van der Waals surface area (Å²) in [5.74, 6) is -0.775. The van der Waals surface area contributed by atoms with Crippen LogP contribution in [0.25, 0.3) is 0 Å². The van der Waals surface area contributed by atoms with E-state index in [1.165, 1.54) is 0 Å². The van der Waals surface area contributed by atoms with Crippen molar-refractivity contribution in [2.24, 2.45) is 21.6 Å². The maximum Gasteiger partial charge on any atom is 0.293 e. The first-order valence-corrected chi connectivity index (χ1v) is 7.94. The third kappa shape index (κ3) is 1.34. The molecule has 5 rings (SSSR count). The molecule has 0 bridgehead atoms. The molecule has 3 aliphatic heterocycles. The first-order valence-electron chi connectivity index (χ1n) is 7.94. The van der Waals surface area contributed by atoms with Crippen molar-refractivity contribution in [3.8, 4) is 23.6 Å². The van der Waals surface area contributed by atoms with Crippen LogP contribution in [0.15, 0.2) is 23.2 Å². The lowest BCUT2D eigenvalue weighted by Gasteiger charge is -2.26. The molecule has 25 heavy (non-hydrogen) atoms. The third-order valence-electron chi connectivity index (χ3n) is 5.53. The van der Waals surface area contributed by atoms with Gasteiger partial charge in [-0.2, -0.15) is 10.5 Å². The second-order valence-electron chi connectivity index (χ2n) is 6.70.